The van der Waals surface area contributed by atoms with Crippen LogP contribution in [0.2, 0.25) is 5.02 Å². The van der Waals surface area contributed by atoms with Gasteiger partial charge in [0.15, 0.2) is 5.75 Å². The Kier molecular flexibility index (Phi) is 4.82. The number of halogens is 2. The molecule has 0 aliphatic carbocycles. The standard InChI is InChI=1S/C20H12ClFN4O2/c21-15-4-1-5-16(19(15)28-13-3-2-7-23-11-13)26-20(27)14-6-8-24-17-9-12(22)10-25-18(14)17/h1-11H,(H,26,27). The van der Waals surface area contributed by atoms with E-state index in [0.29, 0.717) is 16.5 Å². The molecule has 1 aromatic carbocycles. The van der Waals surface area contributed by atoms with Gasteiger partial charge in [0, 0.05) is 18.5 Å². The van der Waals surface area contributed by atoms with Crippen molar-refractivity contribution in [1.29, 1.82) is 0 Å². The SMILES string of the molecule is O=C(Nc1cccc(Cl)c1Oc1cccnc1)c1ccnc2cc(F)cnc12. The first-order valence-electron chi connectivity index (χ1n) is 8.20. The first kappa shape index (κ1) is 17.8. The number of carbonyl (C=O) groups is 1. The topological polar surface area (TPSA) is 77.0 Å². The smallest absolute Gasteiger partial charge is 0.258 e. The predicted molar refractivity (Wildman–Crippen MR) is 103 cm³/mol. The molecular weight excluding hydrogens is 383 g/mol. The summed E-state index contributed by atoms with van der Waals surface area (Å²) in [6.07, 6.45) is 5.61. The van der Waals surface area contributed by atoms with E-state index in [1.807, 2.05) is 0 Å². The number of aromatic nitrogens is 3. The molecule has 1 N–H and O–H groups in total. The van der Waals surface area contributed by atoms with Crippen molar-refractivity contribution in [2.45, 2.75) is 0 Å². The number of pyridine rings is 3. The van der Waals surface area contributed by atoms with Crippen molar-refractivity contribution in [3.05, 3.63) is 83.7 Å². The molecule has 3 heterocycles. The van der Waals surface area contributed by atoms with Gasteiger partial charge < -0.3 is 10.1 Å². The van der Waals surface area contributed by atoms with E-state index in [-0.39, 0.29) is 22.3 Å². The van der Waals surface area contributed by atoms with E-state index in [2.05, 4.69) is 20.3 Å². The molecule has 0 bridgehead atoms. The molecule has 28 heavy (non-hydrogen) atoms. The van der Waals surface area contributed by atoms with Crippen LogP contribution < -0.4 is 10.1 Å². The van der Waals surface area contributed by atoms with Gasteiger partial charge in [-0.1, -0.05) is 17.7 Å². The number of benzene rings is 1. The van der Waals surface area contributed by atoms with Crippen LogP contribution >= 0.6 is 11.6 Å². The minimum atomic E-state index is -0.528. The van der Waals surface area contributed by atoms with Crippen LogP contribution in [0.1, 0.15) is 10.4 Å². The van der Waals surface area contributed by atoms with Gasteiger partial charge in [-0.05, 0) is 30.3 Å². The molecule has 0 saturated carbocycles. The van der Waals surface area contributed by atoms with E-state index in [9.17, 15) is 9.18 Å². The molecule has 0 aliphatic heterocycles. The van der Waals surface area contributed by atoms with Crippen molar-refractivity contribution in [2.24, 2.45) is 0 Å². The number of carbonyl (C=O) groups excluding carboxylic acids is 1. The van der Waals surface area contributed by atoms with Crippen LogP contribution in [0.5, 0.6) is 11.5 Å². The molecule has 0 unspecified atom stereocenters. The summed E-state index contributed by atoms with van der Waals surface area (Å²) in [4.78, 5) is 24.9. The lowest BCUT2D eigenvalue weighted by molar-refractivity contribution is 0.102. The number of hydrogen-bond donors (Lipinski definition) is 1. The molecule has 8 heteroatoms. The summed E-state index contributed by atoms with van der Waals surface area (Å²) in [7, 11) is 0. The number of anilines is 1. The Hall–Kier alpha value is -3.58. The summed E-state index contributed by atoms with van der Waals surface area (Å²) in [6, 6.07) is 11.2. The second kappa shape index (κ2) is 7.58. The second-order valence-electron chi connectivity index (χ2n) is 5.74. The largest absolute Gasteiger partial charge is 0.452 e. The summed E-state index contributed by atoms with van der Waals surface area (Å²) in [6.45, 7) is 0. The molecule has 3 aromatic heterocycles. The number of amides is 1. The highest BCUT2D eigenvalue weighted by molar-refractivity contribution is 6.32. The van der Waals surface area contributed by atoms with Gasteiger partial charge in [-0.25, -0.2) is 4.39 Å². The molecule has 0 spiro atoms. The van der Waals surface area contributed by atoms with Crippen LogP contribution in [0.4, 0.5) is 10.1 Å². The predicted octanol–water partition coefficient (Wildman–Crippen LogP) is 4.86. The Morgan fingerprint density at radius 1 is 1.07 bits per heavy atom. The van der Waals surface area contributed by atoms with Crippen molar-refractivity contribution in [2.75, 3.05) is 5.32 Å². The van der Waals surface area contributed by atoms with Crippen molar-refractivity contribution in [3.8, 4) is 11.5 Å². The average Bonchev–Trinajstić information content (AvgIpc) is 2.70. The van der Waals surface area contributed by atoms with Crippen molar-refractivity contribution >= 4 is 34.2 Å². The lowest BCUT2D eigenvalue weighted by Crippen LogP contribution is -2.14. The molecular formula is C20H12ClFN4O2. The van der Waals surface area contributed by atoms with Crippen LogP contribution in [0.3, 0.4) is 0 Å². The molecule has 0 fully saturated rings. The van der Waals surface area contributed by atoms with Crippen LogP contribution in [-0.2, 0) is 0 Å². The number of nitrogens with one attached hydrogen (secondary N) is 1. The zero-order valence-corrected chi connectivity index (χ0v) is 15.0. The maximum Gasteiger partial charge on any atom is 0.258 e. The molecule has 0 radical (unpaired) electrons. The van der Waals surface area contributed by atoms with E-state index in [1.54, 1.807) is 36.5 Å². The summed E-state index contributed by atoms with van der Waals surface area (Å²) in [5.41, 5.74) is 1.19. The minimum Gasteiger partial charge on any atom is -0.452 e. The molecule has 4 rings (SSSR count). The Morgan fingerprint density at radius 2 is 1.96 bits per heavy atom. The third-order valence-electron chi connectivity index (χ3n) is 3.86. The summed E-state index contributed by atoms with van der Waals surface area (Å²) < 4.78 is 19.2. The fraction of sp³-hybridized carbons (Fsp3) is 0. The number of para-hydroxylation sites is 1. The van der Waals surface area contributed by atoms with Crippen LogP contribution in [0, 0.1) is 5.82 Å². The van der Waals surface area contributed by atoms with Gasteiger partial charge in [0.25, 0.3) is 5.91 Å². The summed E-state index contributed by atoms with van der Waals surface area (Å²) in [5, 5.41) is 3.09. The van der Waals surface area contributed by atoms with Gasteiger partial charge >= 0.3 is 0 Å². The number of fused-ring (bicyclic) bond motifs is 1. The fourth-order valence-corrected chi connectivity index (χ4v) is 2.83. The zero-order chi connectivity index (χ0) is 19.5. The fourth-order valence-electron chi connectivity index (χ4n) is 2.61. The highest BCUT2D eigenvalue weighted by atomic mass is 35.5. The van der Waals surface area contributed by atoms with Gasteiger partial charge in [0.2, 0.25) is 0 Å². The number of rotatable bonds is 4. The summed E-state index contributed by atoms with van der Waals surface area (Å²) >= 11 is 6.26. The maximum atomic E-state index is 13.4. The Bertz CT molecular complexity index is 1170. The third kappa shape index (κ3) is 3.60. The lowest BCUT2D eigenvalue weighted by Gasteiger charge is -2.14. The number of ether oxygens (including phenoxy) is 1. The summed E-state index contributed by atoms with van der Waals surface area (Å²) in [5.74, 6) is -0.232. The quantitative estimate of drug-likeness (QED) is 0.534. The molecule has 4 aromatic rings. The van der Waals surface area contributed by atoms with Crippen molar-refractivity contribution < 1.29 is 13.9 Å². The van der Waals surface area contributed by atoms with E-state index in [1.165, 1.54) is 24.5 Å². The molecule has 0 saturated heterocycles. The van der Waals surface area contributed by atoms with Gasteiger partial charge in [-0.3, -0.25) is 19.7 Å². The van der Waals surface area contributed by atoms with E-state index >= 15 is 0 Å². The Morgan fingerprint density at radius 3 is 2.79 bits per heavy atom. The van der Waals surface area contributed by atoms with Crippen LogP contribution in [-0.4, -0.2) is 20.9 Å². The van der Waals surface area contributed by atoms with Crippen molar-refractivity contribution in [3.63, 3.8) is 0 Å². The average molecular weight is 395 g/mol. The van der Waals surface area contributed by atoms with Gasteiger partial charge in [0.1, 0.15) is 17.1 Å². The number of hydrogen-bond acceptors (Lipinski definition) is 5. The molecule has 138 valence electrons. The zero-order valence-electron chi connectivity index (χ0n) is 14.3. The molecule has 0 aliphatic rings. The number of nitrogens with zero attached hydrogens (tertiary/aromatic N) is 3. The molecule has 6 nitrogen and oxygen atoms in total. The molecule has 1 amide bonds. The van der Waals surface area contributed by atoms with Gasteiger partial charge in [-0.2, -0.15) is 0 Å². The van der Waals surface area contributed by atoms with Gasteiger partial charge in [-0.15, -0.1) is 0 Å². The lowest BCUT2D eigenvalue weighted by atomic mass is 10.1. The second-order valence-corrected chi connectivity index (χ2v) is 6.15. The normalized spacial score (nSPS) is 10.6. The van der Waals surface area contributed by atoms with Gasteiger partial charge in [0.05, 0.1) is 34.2 Å². The monoisotopic (exact) mass is 394 g/mol. The Labute approximate surface area is 164 Å². The van der Waals surface area contributed by atoms with E-state index in [0.717, 1.165) is 6.20 Å². The van der Waals surface area contributed by atoms with Crippen molar-refractivity contribution in [1.82, 2.24) is 15.0 Å². The highest BCUT2D eigenvalue weighted by Gasteiger charge is 2.17. The third-order valence-corrected chi connectivity index (χ3v) is 4.16. The molecule has 0 atom stereocenters. The Balaban J connectivity index is 1.68. The van der Waals surface area contributed by atoms with Crippen LogP contribution in [0.25, 0.3) is 11.0 Å². The highest BCUT2D eigenvalue weighted by Crippen LogP contribution is 2.36. The van der Waals surface area contributed by atoms with E-state index < -0.39 is 11.7 Å². The first-order chi connectivity index (χ1) is 13.6. The minimum absolute atomic E-state index is 0.248. The van der Waals surface area contributed by atoms with E-state index in [4.69, 9.17) is 16.3 Å². The maximum absolute atomic E-state index is 13.4. The van der Waals surface area contributed by atoms with Crippen LogP contribution in [0.15, 0.2) is 67.3 Å². The first-order valence-corrected chi connectivity index (χ1v) is 8.57.